The third-order valence-electron chi connectivity index (χ3n) is 4.75. The highest BCUT2D eigenvalue weighted by Gasteiger charge is 2.46. The van der Waals surface area contributed by atoms with Gasteiger partial charge < -0.3 is 14.4 Å². The standard InChI is InChI=1S/C15H18N4O2.C2HF3O2/c1-17-8-13(4-16-17)19-7-12-6-18(9-14(12)15(19)20)5-11-2-3-21-10-11;3-2(4,5)1(6)7/h2-4,8,10,12,14H,5-7,9H2,1H3;(H,6,7)/t12-,14-;/m0./s1. The molecular weight excluding hydrogens is 381 g/mol. The zero-order valence-electron chi connectivity index (χ0n) is 15.0. The molecule has 11 heteroatoms. The van der Waals surface area contributed by atoms with Gasteiger partial charge in [0.05, 0.1) is 30.3 Å². The second-order valence-electron chi connectivity index (χ2n) is 6.82. The average Bonchev–Trinajstić information content (AvgIpc) is 3.36. The van der Waals surface area contributed by atoms with Crippen molar-refractivity contribution in [2.75, 3.05) is 24.5 Å². The van der Waals surface area contributed by atoms with Gasteiger partial charge in [-0.15, -0.1) is 0 Å². The number of aromatic nitrogens is 2. The van der Waals surface area contributed by atoms with Crippen LogP contribution in [0.1, 0.15) is 5.56 Å². The summed E-state index contributed by atoms with van der Waals surface area (Å²) in [5.74, 6) is -1.98. The van der Waals surface area contributed by atoms with Crippen molar-refractivity contribution in [2.45, 2.75) is 12.7 Å². The lowest BCUT2D eigenvalue weighted by Gasteiger charge is -2.20. The van der Waals surface area contributed by atoms with Crippen molar-refractivity contribution in [3.05, 3.63) is 36.5 Å². The molecule has 152 valence electrons. The van der Waals surface area contributed by atoms with Crippen molar-refractivity contribution in [2.24, 2.45) is 18.9 Å². The number of hydrogen-bond acceptors (Lipinski definition) is 5. The van der Waals surface area contributed by atoms with Gasteiger partial charge in [-0.1, -0.05) is 0 Å². The van der Waals surface area contributed by atoms with E-state index in [1.807, 2.05) is 24.2 Å². The molecule has 0 spiro atoms. The zero-order valence-corrected chi connectivity index (χ0v) is 15.0. The van der Waals surface area contributed by atoms with E-state index in [1.165, 1.54) is 5.56 Å². The van der Waals surface area contributed by atoms with Crippen molar-refractivity contribution >= 4 is 17.6 Å². The summed E-state index contributed by atoms with van der Waals surface area (Å²) in [4.78, 5) is 25.7. The Morgan fingerprint density at radius 3 is 2.57 bits per heavy atom. The number of nitrogens with zero attached hydrogens (tertiary/aromatic N) is 4. The fourth-order valence-corrected chi connectivity index (χ4v) is 3.50. The van der Waals surface area contributed by atoms with Crippen LogP contribution in [0, 0.1) is 11.8 Å². The SMILES string of the molecule is Cn1cc(N2C[C@@H]3CN(Cc4ccoc4)C[C@@H]3C2=O)cn1.O=C(O)C(F)(F)F. The van der Waals surface area contributed by atoms with Gasteiger partial charge in [0.2, 0.25) is 5.91 Å². The van der Waals surface area contributed by atoms with Gasteiger partial charge in [0.1, 0.15) is 0 Å². The summed E-state index contributed by atoms with van der Waals surface area (Å²) in [5, 5.41) is 11.3. The Morgan fingerprint density at radius 1 is 1.36 bits per heavy atom. The minimum atomic E-state index is -5.08. The molecule has 2 aliphatic rings. The van der Waals surface area contributed by atoms with Crippen molar-refractivity contribution in [3.63, 3.8) is 0 Å². The van der Waals surface area contributed by atoms with Gasteiger partial charge >= 0.3 is 12.1 Å². The number of alkyl halides is 3. The van der Waals surface area contributed by atoms with Gasteiger partial charge in [-0.05, 0) is 6.07 Å². The van der Waals surface area contributed by atoms with E-state index in [-0.39, 0.29) is 11.8 Å². The number of carbonyl (C=O) groups excluding carboxylic acids is 1. The lowest BCUT2D eigenvalue weighted by atomic mass is 10.0. The summed E-state index contributed by atoms with van der Waals surface area (Å²) in [6, 6.07) is 1.98. The highest BCUT2D eigenvalue weighted by molar-refractivity contribution is 5.97. The molecular formula is C17H19F3N4O4. The largest absolute Gasteiger partial charge is 0.490 e. The van der Waals surface area contributed by atoms with Gasteiger partial charge in [-0.25, -0.2) is 4.79 Å². The summed E-state index contributed by atoms with van der Waals surface area (Å²) < 4.78 is 38.6. The Morgan fingerprint density at radius 2 is 2.07 bits per heavy atom. The number of anilines is 1. The monoisotopic (exact) mass is 400 g/mol. The maximum atomic E-state index is 12.6. The Bertz CT molecular complexity index is 834. The third-order valence-corrected chi connectivity index (χ3v) is 4.75. The van der Waals surface area contributed by atoms with Gasteiger partial charge in [0.25, 0.3) is 0 Å². The van der Waals surface area contributed by atoms with Gasteiger partial charge in [0.15, 0.2) is 0 Å². The second-order valence-corrected chi connectivity index (χ2v) is 6.82. The van der Waals surface area contributed by atoms with Gasteiger partial charge in [0, 0.05) is 50.9 Å². The fraction of sp³-hybridized carbons (Fsp3) is 0.471. The molecule has 0 aromatic carbocycles. The Hall–Kier alpha value is -2.82. The topological polar surface area (TPSA) is 91.8 Å². The van der Waals surface area contributed by atoms with Crippen LogP contribution in [0.4, 0.5) is 18.9 Å². The van der Waals surface area contributed by atoms with Crippen LogP contribution in [0.15, 0.2) is 35.4 Å². The molecule has 1 N–H and O–H groups in total. The van der Waals surface area contributed by atoms with Crippen molar-refractivity contribution in [1.29, 1.82) is 0 Å². The maximum Gasteiger partial charge on any atom is 0.490 e. The number of halogens is 3. The van der Waals surface area contributed by atoms with E-state index >= 15 is 0 Å². The highest BCUT2D eigenvalue weighted by Crippen LogP contribution is 2.35. The first-order chi connectivity index (χ1) is 13.1. The van der Waals surface area contributed by atoms with Crippen LogP contribution in [0.3, 0.4) is 0 Å². The molecule has 8 nitrogen and oxygen atoms in total. The summed E-state index contributed by atoms with van der Waals surface area (Å²) in [6.45, 7) is 3.48. The van der Waals surface area contributed by atoms with Crippen LogP contribution >= 0.6 is 0 Å². The fourth-order valence-electron chi connectivity index (χ4n) is 3.50. The number of rotatable bonds is 3. The van der Waals surface area contributed by atoms with E-state index in [0.717, 1.165) is 31.9 Å². The maximum absolute atomic E-state index is 12.6. The van der Waals surface area contributed by atoms with Crippen molar-refractivity contribution in [1.82, 2.24) is 14.7 Å². The van der Waals surface area contributed by atoms with Crippen molar-refractivity contribution in [3.8, 4) is 0 Å². The van der Waals surface area contributed by atoms with Crippen LogP contribution in [-0.2, 0) is 23.2 Å². The van der Waals surface area contributed by atoms with Gasteiger partial charge in [-0.2, -0.15) is 18.3 Å². The smallest absolute Gasteiger partial charge is 0.475 e. The Balaban J connectivity index is 0.000000279. The van der Waals surface area contributed by atoms with Crippen LogP contribution in [-0.4, -0.2) is 57.5 Å². The van der Waals surface area contributed by atoms with Crippen LogP contribution in [0.2, 0.25) is 0 Å². The highest BCUT2D eigenvalue weighted by atomic mass is 19.4. The first kappa shape index (κ1) is 19.9. The molecule has 0 unspecified atom stereocenters. The molecule has 4 heterocycles. The third kappa shape index (κ3) is 4.35. The minimum absolute atomic E-state index is 0.122. The molecule has 0 radical (unpaired) electrons. The molecule has 2 fully saturated rings. The number of fused-ring (bicyclic) bond motifs is 1. The van der Waals surface area contributed by atoms with Crippen LogP contribution < -0.4 is 4.90 Å². The number of carboxylic acids is 1. The summed E-state index contributed by atoms with van der Waals surface area (Å²) in [5.41, 5.74) is 2.09. The number of hydrogen-bond donors (Lipinski definition) is 1. The molecule has 2 atom stereocenters. The summed E-state index contributed by atoms with van der Waals surface area (Å²) in [7, 11) is 1.87. The number of aliphatic carboxylic acids is 1. The first-order valence-corrected chi connectivity index (χ1v) is 8.48. The summed E-state index contributed by atoms with van der Waals surface area (Å²) in [6.07, 6.45) is 2.06. The van der Waals surface area contributed by atoms with E-state index in [2.05, 4.69) is 10.00 Å². The predicted molar refractivity (Wildman–Crippen MR) is 90.2 cm³/mol. The average molecular weight is 400 g/mol. The van der Waals surface area contributed by atoms with E-state index in [9.17, 15) is 18.0 Å². The van der Waals surface area contributed by atoms with E-state index in [1.54, 1.807) is 23.4 Å². The van der Waals surface area contributed by atoms with E-state index in [4.69, 9.17) is 14.3 Å². The predicted octanol–water partition coefficient (Wildman–Crippen LogP) is 1.74. The van der Waals surface area contributed by atoms with E-state index < -0.39 is 12.1 Å². The number of aryl methyl sites for hydroxylation is 1. The number of likely N-dealkylation sites (tertiary alicyclic amines) is 1. The molecule has 4 rings (SSSR count). The van der Waals surface area contributed by atoms with Crippen LogP contribution in [0.25, 0.3) is 0 Å². The first-order valence-electron chi connectivity index (χ1n) is 8.48. The number of carboxylic acid groups (broad SMARTS) is 1. The molecule has 2 aromatic rings. The quantitative estimate of drug-likeness (QED) is 0.844. The molecule has 1 amide bonds. The molecule has 2 aliphatic heterocycles. The molecule has 0 bridgehead atoms. The van der Waals surface area contributed by atoms with Crippen molar-refractivity contribution < 1.29 is 32.3 Å². The normalized spacial score (nSPS) is 22.1. The Labute approximate surface area is 158 Å². The second kappa shape index (κ2) is 7.66. The summed E-state index contributed by atoms with van der Waals surface area (Å²) >= 11 is 0. The molecule has 28 heavy (non-hydrogen) atoms. The number of furan rings is 1. The van der Waals surface area contributed by atoms with Crippen LogP contribution in [0.5, 0.6) is 0 Å². The Kier molecular flexibility index (Phi) is 5.45. The van der Waals surface area contributed by atoms with Gasteiger partial charge in [-0.3, -0.25) is 14.4 Å². The lowest BCUT2D eigenvalue weighted by Crippen LogP contribution is -2.32. The minimum Gasteiger partial charge on any atom is -0.475 e. The number of amides is 1. The molecule has 2 aromatic heterocycles. The molecule has 0 aliphatic carbocycles. The zero-order chi connectivity index (χ0) is 20.5. The lowest BCUT2D eigenvalue weighted by molar-refractivity contribution is -0.192. The molecule has 2 saturated heterocycles. The van der Waals surface area contributed by atoms with E-state index in [0.29, 0.717) is 5.92 Å². The molecule has 0 saturated carbocycles. The number of carbonyl (C=O) groups is 2.